The molecule has 26 heavy (non-hydrogen) atoms. The van der Waals surface area contributed by atoms with Crippen LogP contribution in [0.25, 0.3) is 0 Å². The molecule has 3 aromatic rings. The Morgan fingerprint density at radius 3 is 2.73 bits per heavy atom. The maximum atomic E-state index is 14.2. The predicted octanol–water partition coefficient (Wildman–Crippen LogP) is 4.45. The summed E-state index contributed by atoms with van der Waals surface area (Å²) in [6.07, 6.45) is 1.68. The van der Waals surface area contributed by atoms with Gasteiger partial charge in [0.1, 0.15) is 11.6 Å². The van der Waals surface area contributed by atoms with E-state index in [1.807, 2.05) is 25.1 Å². The van der Waals surface area contributed by atoms with E-state index in [2.05, 4.69) is 20.6 Å². The highest BCUT2D eigenvalue weighted by Gasteiger charge is 2.14. The van der Waals surface area contributed by atoms with E-state index in [1.54, 1.807) is 31.3 Å². The van der Waals surface area contributed by atoms with Crippen LogP contribution < -0.4 is 20.1 Å². The molecule has 0 bridgehead atoms. The van der Waals surface area contributed by atoms with Crippen LogP contribution in [0.1, 0.15) is 11.1 Å². The van der Waals surface area contributed by atoms with Gasteiger partial charge in [-0.25, -0.2) is 9.37 Å². The fourth-order valence-electron chi connectivity index (χ4n) is 2.60. The van der Waals surface area contributed by atoms with E-state index in [0.717, 1.165) is 11.3 Å². The lowest BCUT2D eigenvalue weighted by Crippen LogP contribution is -2.04. The first-order chi connectivity index (χ1) is 12.6. The van der Waals surface area contributed by atoms with Crippen LogP contribution in [0.2, 0.25) is 0 Å². The van der Waals surface area contributed by atoms with Crippen molar-refractivity contribution in [2.24, 2.45) is 0 Å². The number of fused-ring (bicyclic) bond motifs is 1. The second-order valence-electron chi connectivity index (χ2n) is 5.98. The first-order valence-electron chi connectivity index (χ1n) is 8.12. The molecule has 2 aromatic carbocycles. The van der Waals surface area contributed by atoms with Crippen molar-refractivity contribution in [3.63, 3.8) is 0 Å². The Hall–Kier alpha value is -3.35. The van der Waals surface area contributed by atoms with Crippen molar-refractivity contribution in [1.82, 2.24) is 9.97 Å². The Balaban J connectivity index is 1.59. The van der Waals surface area contributed by atoms with E-state index < -0.39 is 0 Å². The number of aryl methyl sites for hydroxylation is 2. The molecule has 1 aromatic heterocycles. The molecule has 0 saturated carbocycles. The molecular weight excluding hydrogens is 335 g/mol. The van der Waals surface area contributed by atoms with E-state index >= 15 is 0 Å². The van der Waals surface area contributed by atoms with Crippen molar-refractivity contribution in [2.45, 2.75) is 13.8 Å². The van der Waals surface area contributed by atoms with E-state index in [-0.39, 0.29) is 12.6 Å². The van der Waals surface area contributed by atoms with Crippen LogP contribution in [-0.4, -0.2) is 16.8 Å². The minimum absolute atomic E-state index is 0.218. The van der Waals surface area contributed by atoms with Crippen molar-refractivity contribution >= 4 is 23.1 Å². The Kier molecular flexibility index (Phi) is 4.04. The lowest BCUT2D eigenvalue weighted by atomic mass is 10.2. The van der Waals surface area contributed by atoms with Gasteiger partial charge in [0.15, 0.2) is 11.5 Å². The predicted molar refractivity (Wildman–Crippen MR) is 97.0 cm³/mol. The summed E-state index contributed by atoms with van der Waals surface area (Å²) in [5.74, 6) is 2.01. The van der Waals surface area contributed by atoms with Gasteiger partial charge in [-0.2, -0.15) is 4.98 Å². The van der Waals surface area contributed by atoms with Crippen molar-refractivity contribution in [2.75, 3.05) is 17.4 Å². The van der Waals surface area contributed by atoms with Gasteiger partial charge < -0.3 is 20.1 Å². The largest absolute Gasteiger partial charge is 0.454 e. The fourth-order valence-corrected chi connectivity index (χ4v) is 2.60. The Bertz CT molecular complexity index is 978. The molecular formula is C19H17FN4O2. The lowest BCUT2D eigenvalue weighted by Gasteiger charge is -2.12. The molecule has 0 atom stereocenters. The molecule has 0 amide bonds. The summed E-state index contributed by atoms with van der Waals surface area (Å²) in [4.78, 5) is 8.74. The molecule has 4 rings (SSSR count). The van der Waals surface area contributed by atoms with Gasteiger partial charge in [-0.1, -0.05) is 12.1 Å². The number of hydrogen-bond acceptors (Lipinski definition) is 6. The number of halogens is 1. The van der Waals surface area contributed by atoms with Gasteiger partial charge in [0.25, 0.3) is 0 Å². The van der Waals surface area contributed by atoms with E-state index in [4.69, 9.17) is 9.47 Å². The third-order valence-corrected chi connectivity index (χ3v) is 4.05. The summed E-state index contributed by atoms with van der Waals surface area (Å²) < 4.78 is 24.9. The maximum Gasteiger partial charge on any atom is 0.231 e. The quantitative estimate of drug-likeness (QED) is 0.723. The monoisotopic (exact) mass is 352 g/mol. The molecule has 2 heterocycles. The fraction of sp³-hybridized carbons (Fsp3) is 0.158. The summed E-state index contributed by atoms with van der Waals surface area (Å²) in [5.41, 5.74) is 2.52. The van der Waals surface area contributed by atoms with Crippen molar-refractivity contribution in [1.29, 1.82) is 0 Å². The molecule has 7 heteroatoms. The van der Waals surface area contributed by atoms with Gasteiger partial charge in [0, 0.05) is 23.5 Å². The Morgan fingerprint density at radius 2 is 1.85 bits per heavy atom. The molecule has 2 N–H and O–H groups in total. The molecule has 1 aliphatic heterocycles. The molecule has 0 saturated heterocycles. The Morgan fingerprint density at radius 1 is 1.00 bits per heavy atom. The first-order valence-corrected chi connectivity index (χ1v) is 8.12. The SMILES string of the molecule is Cc1cnc(Nc2ccc3c(c2)OCO3)nc1Nc1cccc(C)c1F. The van der Waals surface area contributed by atoms with Crippen molar-refractivity contribution < 1.29 is 13.9 Å². The first kappa shape index (κ1) is 16.1. The van der Waals surface area contributed by atoms with Crippen LogP contribution >= 0.6 is 0 Å². The molecule has 0 unspecified atom stereocenters. The number of aromatic nitrogens is 2. The third-order valence-electron chi connectivity index (χ3n) is 4.05. The summed E-state index contributed by atoms with van der Waals surface area (Å²) in [6.45, 7) is 3.80. The number of benzene rings is 2. The molecule has 0 fully saturated rings. The van der Waals surface area contributed by atoms with Gasteiger partial charge in [0.05, 0.1) is 5.69 Å². The second kappa shape index (κ2) is 6.51. The molecule has 0 aliphatic carbocycles. The number of hydrogen-bond donors (Lipinski definition) is 2. The number of ether oxygens (including phenoxy) is 2. The van der Waals surface area contributed by atoms with E-state index in [0.29, 0.717) is 34.5 Å². The number of anilines is 4. The van der Waals surface area contributed by atoms with E-state index in [1.165, 1.54) is 0 Å². The zero-order valence-electron chi connectivity index (χ0n) is 14.3. The van der Waals surface area contributed by atoms with Crippen LogP contribution in [-0.2, 0) is 0 Å². The van der Waals surface area contributed by atoms with Crippen molar-refractivity contribution in [3.05, 3.63) is 59.5 Å². The summed E-state index contributed by atoms with van der Waals surface area (Å²) in [5, 5.41) is 6.16. The molecule has 0 radical (unpaired) electrons. The third kappa shape index (κ3) is 3.11. The van der Waals surface area contributed by atoms with Gasteiger partial charge in [-0.15, -0.1) is 0 Å². The molecule has 1 aliphatic rings. The normalized spacial score (nSPS) is 12.1. The van der Waals surface area contributed by atoms with Crippen LogP contribution in [0.3, 0.4) is 0 Å². The van der Waals surface area contributed by atoms with Gasteiger partial charge in [0.2, 0.25) is 12.7 Å². The number of nitrogens with zero attached hydrogens (tertiary/aromatic N) is 2. The topological polar surface area (TPSA) is 68.3 Å². The molecule has 0 spiro atoms. The minimum Gasteiger partial charge on any atom is -0.454 e. The number of nitrogens with one attached hydrogen (secondary N) is 2. The van der Waals surface area contributed by atoms with Crippen molar-refractivity contribution in [3.8, 4) is 11.5 Å². The summed E-state index contributed by atoms with van der Waals surface area (Å²) in [7, 11) is 0. The highest BCUT2D eigenvalue weighted by atomic mass is 19.1. The average molecular weight is 352 g/mol. The van der Waals surface area contributed by atoms with Crippen LogP contribution in [0, 0.1) is 19.7 Å². The average Bonchev–Trinajstić information content (AvgIpc) is 3.09. The van der Waals surface area contributed by atoms with Crippen LogP contribution in [0.5, 0.6) is 11.5 Å². The lowest BCUT2D eigenvalue weighted by molar-refractivity contribution is 0.174. The Labute approximate surface area is 150 Å². The van der Waals surface area contributed by atoms with E-state index in [9.17, 15) is 4.39 Å². The van der Waals surface area contributed by atoms with Gasteiger partial charge in [-0.05, 0) is 37.6 Å². The van der Waals surface area contributed by atoms with Crippen LogP contribution in [0.15, 0.2) is 42.6 Å². The zero-order chi connectivity index (χ0) is 18.1. The smallest absolute Gasteiger partial charge is 0.231 e. The summed E-state index contributed by atoms with van der Waals surface area (Å²) >= 11 is 0. The maximum absolute atomic E-state index is 14.2. The van der Waals surface area contributed by atoms with Gasteiger partial charge in [-0.3, -0.25) is 0 Å². The summed E-state index contributed by atoms with van der Waals surface area (Å²) in [6, 6.07) is 10.7. The second-order valence-corrected chi connectivity index (χ2v) is 5.98. The molecule has 132 valence electrons. The zero-order valence-corrected chi connectivity index (χ0v) is 14.3. The highest BCUT2D eigenvalue weighted by molar-refractivity contribution is 5.64. The minimum atomic E-state index is -0.296. The molecule has 6 nitrogen and oxygen atoms in total. The highest BCUT2D eigenvalue weighted by Crippen LogP contribution is 2.35. The van der Waals surface area contributed by atoms with Crippen LogP contribution in [0.4, 0.5) is 27.5 Å². The standard InChI is InChI=1S/C19H17FN4O2/c1-11-4-3-5-14(17(11)20)23-18-12(2)9-21-19(24-18)22-13-6-7-15-16(8-13)26-10-25-15/h3-9H,10H2,1-2H3,(H2,21,22,23,24). The number of rotatable bonds is 4. The van der Waals surface area contributed by atoms with Gasteiger partial charge >= 0.3 is 0 Å².